The van der Waals surface area contributed by atoms with Gasteiger partial charge in [-0.25, -0.2) is 9.59 Å². The Bertz CT molecular complexity index is 2040. The number of hydrogen-bond donors (Lipinski definition) is 0. The number of rotatable bonds is 10. The van der Waals surface area contributed by atoms with E-state index in [0.717, 1.165) is 69.9 Å². The number of carbonyl (C=O) groups excluding carboxylic acids is 6. The Morgan fingerprint density at radius 1 is 0.597 bits per heavy atom. The number of benzene rings is 2. The van der Waals surface area contributed by atoms with Crippen LogP contribution in [0, 0.1) is 11.8 Å². The van der Waals surface area contributed by atoms with Crippen LogP contribution in [-0.2, 0) is 68.4 Å². The summed E-state index contributed by atoms with van der Waals surface area (Å²) in [6.45, 7) is 0. The first-order valence-corrected chi connectivity index (χ1v) is 21.3. The molecule has 0 radical (unpaired) electrons. The van der Waals surface area contributed by atoms with Crippen LogP contribution in [0.5, 0.6) is 0 Å². The zero-order chi connectivity index (χ0) is 44.9. The van der Waals surface area contributed by atoms with E-state index >= 15 is 35.9 Å². The van der Waals surface area contributed by atoms with Crippen LogP contribution in [-0.4, -0.2) is 132 Å². The van der Waals surface area contributed by atoms with Crippen LogP contribution in [0.1, 0.15) is 36.8 Å². The number of esters is 2. The van der Waals surface area contributed by atoms with Gasteiger partial charge in [0.25, 0.3) is 23.0 Å². The number of halogens is 6. The van der Waals surface area contributed by atoms with Gasteiger partial charge < -0.3 is 38.2 Å². The van der Waals surface area contributed by atoms with E-state index in [1.165, 1.54) is 36.4 Å². The lowest BCUT2D eigenvalue weighted by atomic mass is 9.78. The van der Waals surface area contributed by atoms with Gasteiger partial charge in [0.1, 0.15) is 36.0 Å². The predicted molar refractivity (Wildman–Crippen MR) is 201 cm³/mol. The Morgan fingerprint density at radius 2 is 0.935 bits per heavy atom. The Balaban J connectivity index is 1.19. The number of ketones is 2. The van der Waals surface area contributed by atoms with Gasteiger partial charge >= 0.3 is 24.3 Å². The van der Waals surface area contributed by atoms with E-state index in [4.69, 9.17) is 28.4 Å². The normalized spacial score (nSPS) is 34.7. The first kappa shape index (κ1) is 44.4. The Hall–Kier alpha value is -4.22. The molecule has 2 saturated carbocycles. The van der Waals surface area contributed by atoms with Crippen LogP contribution < -0.4 is 0 Å². The molecule has 5 saturated heterocycles. The molecule has 0 unspecified atom stereocenters. The highest BCUT2D eigenvalue weighted by atomic mass is 33.1. The molecule has 5 aliphatic heterocycles. The fraction of sp³-hybridized carbons (Fsp3) is 0.550. The second kappa shape index (κ2) is 15.2. The summed E-state index contributed by atoms with van der Waals surface area (Å²) in [5.41, 5.74) is -8.62. The second-order valence-corrected chi connectivity index (χ2v) is 18.5. The molecule has 7 aliphatic rings. The third kappa shape index (κ3) is 5.88. The van der Waals surface area contributed by atoms with Gasteiger partial charge in [0.2, 0.25) is 0 Å². The number of fused-ring (bicyclic) bond motifs is 3. The maximum absolute atomic E-state index is 15.3. The molecule has 14 nitrogen and oxygen atoms in total. The van der Waals surface area contributed by atoms with Crippen molar-refractivity contribution in [3.8, 4) is 0 Å². The molecular weight excluding hydrogens is 879 g/mol. The van der Waals surface area contributed by atoms with Crippen molar-refractivity contribution < 1.29 is 83.5 Å². The van der Waals surface area contributed by atoms with Crippen LogP contribution in [0.4, 0.5) is 26.3 Å². The second-order valence-electron chi connectivity index (χ2n) is 15.8. The van der Waals surface area contributed by atoms with Gasteiger partial charge in [-0.3, -0.25) is 19.2 Å². The number of amides is 2. The van der Waals surface area contributed by atoms with Gasteiger partial charge in [0.15, 0.2) is 9.74 Å². The van der Waals surface area contributed by atoms with Crippen molar-refractivity contribution in [3.63, 3.8) is 0 Å². The Morgan fingerprint density at radius 3 is 1.23 bits per heavy atom. The molecule has 2 aromatic rings. The van der Waals surface area contributed by atoms with Crippen LogP contribution in [0.25, 0.3) is 0 Å². The van der Waals surface area contributed by atoms with Crippen LogP contribution >= 0.6 is 21.6 Å². The SMILES string of the molecule is CO[C@H]1CC(=O)[C@H]2C[C@@]34SS[C@]5(C[C@@H]6C(=O)C[C@H](OC)[C@H](OC(=O)[C@@](OC)(c7ccccc7)C(F)(F)F)[C@@H]6N5C3=O)C(=O)N4[C@H]2[C@H]1OC(=O)[C@@](OC)(c1ccccc1)C(F)(F)F. The molecule has 0 aromatic heterocycles. The molecule has 2 spiro atoms. The third-order valence-corrected chi connectivity index (χ3v) is 16.7. The van der Waals surface area contributed by atoms with Crippen LogP contribution in [0.3, 0.4) is 0 Å². The first-order valence-electron chi connectivity index (χ1n) is 19.2. The van der Waals surface area contributed by atoms with Crippen LogP contribution in [0.2, 0.25) is 0 Å². The van der Waals surface area contributed by atoms with Crippen molar-refractivity contribution in [1.29, 1.82) is 0 Å². The molecule has 22 heteroatoms. The minimum atomic E-state index is -5.40. The predicted octanol–water partition coefficient (Wildman–Crippen LogP) is 4.23. The van der Waals surface area contributed by atoms with E-state index < -0.39 is 154 Å². The average molecular weight is 917 g/mol. The molecule has 12 atom stereocenters. The van der Waals surface area contributed by atoms with E-state index in [9.17, 15) is 19.2 Å². The van der Waals surface area contributed by atoms with Gasteiger partial charge in [0.05, 0.1) is 12.1 Å². The van der Waals surface area contributed by atoms with Crippen molar-refractivity contribution in [3.05, 3.63) is 71.8 Å². The first-order chi connectivity index (χ1) is 29.3. The summed E-state index contributed by atoms with van der Waals surface area (Å²) in [5, 5.41) is 0. The van der Waals surface area contributed by atoms with Crippen LogP contribution in [0.15, 0.2) is 60.7 Å². The van der Waals surface area contributed by atoms with E-state index in [1.54, 1.807) is 0 Å². The van der Waals surface area contributed by atoms with Crippen molar-refractivity contribution >= 4 is 56.9 Å². The molecule has 2 aromatic carbocycles. The number of carbonyl (C=O) groups is 6. The molecular formula is C40H38F6N2O12S2. The quantitative estimate of drug-likeness (QED) is 0.189. The standard InChI is InChI=1S/C40H38F6N2O12S2/c1-55-25-15-23(49)21-17-35-32(52)48-28-22(24(50)16-26(56-2)30(28)60-34(54)38(58-4,40(44,45)46)20-13-9-6-10-14-20)18-36(48,62-61-35)31(51)47(35)27(21)29(25)59-33(53)37(57-3,39(41,42)43)19-11-7-5-8-12-19/h5-14,21-22,25-30H,15-18H2,1-4H3/t21-,22-,25+,26+,27-,28-,29+,30+,35-,36-,37+,38+/m1/s1. The molecule has 2 aliphatic carbocycles. The van der Waals surface area contributed by atoms with Crippen molar-refractivity contribution in [1.82, 2.24) is 9.80 Å². The van der Waals surface area contributed by atoms with Crippen molar-refractivity contribution in [2.75, 3.05) is 28.4 Å². The smallest absolute Gasteiger partial charge is 0.432 e. The molecule has 5 heterocycles. The number of piperazine rings is 1. The highest BCUT2D eigenvalue weighted by molar-refractivity contribution is 8.78. The molecule has 62 heavy (non-hydrogen) atoms. The summed E-state index contributed by atoms with van der Waals surface area (Å²) in [4.78, 5) is 84.5. The lowest BCUT2D eigenvalue weighted by Gasteiger charge is -2.59. The zero-order valence-electron chi connectivity index (χ0n) is 33.1. The van der Waals surface area contributed by atoms with E-state index in [-0.39, 0.29) is 0 Å². The summed E-state index contributed by atoms with van der Waals surface area (Å²) in [6, 6.07) is 8.76. The molecule has 0 N–H and O–H groups in total. The van der Waals surface area contributed by atoms with Crippen molar-refractivity contribution in [2.24, 2.45) is 11.8 Å². The summed E-state index contributed by atoms with van der Waals surface area (Å²) in [6.07, 6.45) is -19.0. The van der Waals surface area contributed by atoms with E-state index in [2.05, 4.69) is 0 Å². The molecule has 2 bridgehead atoms. The van der Waals surface area contributed by atoms with Gasteiger partial charge in [-0.15, -0.1) is 0 Å². The highest BCUT2D eigenvalue weighted by Crippen LogP contribution is 2.70. The molecule has 334 valence electrons. The average Bonchev–Trinajstić information content (AvgIpc) is 3.79. The maximum Gasteiger partial charge on any atom is 0.432 e. The lowest BCUT2D eigenvalue weighted by molar-refractivity contribution is -0.282. The van der Waals surface area contributed by atoms with E-state index in [1.807, 2.05) is 0 Å². The third-order valence-electron chi connectivity index (χ3n) is 13.1. The van der Waals surface area contributed by atoms with Gasteiger partial charge in [-0.1, -0.05) is 82.3 Å². The molecule has 2 amide bonds. The zero-order valence-corrected chi connectivity index (χ0v) is 34.7. The van der Waals surface area contributed by atoms with Gasteiger partial charge in [-0.05, 0) is 0 Å². The Kier molecular flexibility index (Phi) is 10.9. The minimum Gasteiger partial charge on any atom is -0.455 e. The number of nitrogens with zero attached hydrogens (tertiary/aromatic N) is 2. The number of Topliss-reactive ketones (excluding diaryl/α,β-unsaturated/α-hetero) is 2. The lowest BCUT2D eigenvalue weighted by Crippen LogP contribution is -2.78. The van der Waals surface area contributed by atoms with Gasteiger partial charge in [0, 0.05) is 77.1 Å². The van der Waals surface area contributed by atoms with Crippen molar-refractivity contribution in [2.45, 2.75) is 95.5 Å². The Labute approximate surface area is 356 Å². The summed E-state index contributed by atoms with van der Waals surface area (Å²) in [5.74, 6) is -9.33. The minimum absolute atomic E-state index is 0.429. The number of methoxy groups -OCH3 is 4. The highest BCUT2D eigenvalue weighted by Gasteiger charge is 2.81. The topological polar surface area (TPSA) is 164 Å². The van der Waals surface area contributed by atoms with E-state index in [0.29, 0.717) is 14.2 Å². The summed E-state index contributed by atoms with van der Waals surface area (Å²) >= 11 is 0. The summed E-state index contributed by atoms with van der Waals surface area (Å²) < 4.78 is 123. The fourth-order valence-electron chi connectivity index (χ4n) is 10.2. The number of ether oxygens (including phenoxy) is 6. The monoisotopic (exact) mass is 916 g/mol. The molecule has 7 fully saturated rings. The molecule has 9 rings (SSSR count). The maximum atomic E-state index is 15.3. The summed E-state index contributed by atoms with van der Waals surface area (Å²) in [7, 11) is 5.33. The van der Waals surface area contributed by atoms with Gasteiger partial charge in [-0.2, -0.15) is 26.3 Å². The number of hydrogen-bond acceptors (Lipinski definition) is 14. The fourth-order valence-corrected chi connectivity index (χ4v) is 14.1. The largest absolute Gasteiger partial charge is 0.455 e. The number of alkyl halides is 6.